The number of nitriles is 1. The van der Waals surface area contributed by atoms with Crippen molar-refractivity contribution in [3.05, 3.63) is 0 Å². The highest BCUT2D eigenvalue weighted by atomic mass is 32.2. The quantitative estimate of drug-likeness (QED) is 0.462. The third-order valence-electron chi connectivity index (χ3n) is 0.953. The maximum Gasteiger partial charge on any atom is 0.212 e. The highest BCUT2D eigenvalue weighted by molar-refractivity contribution is 7.87. The van der Waals surface area contributed by atoms with Gasteiger partial charge in [0.1, 0.15) is 0 Å². The molecule has 0 saturated carbocycles. The number of hydrogen-bond donors (Lipinski definition) is 1. The molecule has 0 bridgehead atoms. The SMILES string of the molecule is N#CN=S1CCNC1. The molecule has 1 N–H and O–H groups in total. The van der Waals surface area contributed by atoms with Crippen LogP contribution >= 0.6 is 0 Å². The van der Waals surface area contributed by atoms with Crippen molar-refractivity contribution >= 4 is 10.7 Å². The van der Waals surface area contributed by atoms with Crippen molar-refractivity contribution in [2.75, 3.05) is 18.2 Å². The minimum absolute atomic E-state index is 0.0255. The Morgan fingerprint density at radius 1 is 1.75 bits per heavy atom. The third kappa shape index (κ3) is 1.29. The highest BCUT2D eigenvalue weighted by Gasteiger charge is 2.03. The first-order valence-corrected chi connectivity index (χ1v) is 3.93. The van der Waals surface area contributed by atoms with Crippen LogP contribution in [0.3, 0.4) is 0 Å². The third-order valence-corrected chi connectivity index (χ3v) is 2.51. The van der Waals surface area contributed by atoms with Crippen molar-refractivity contribution in [1.82, 2.24) is 5.32 Å². The summed E-state index contributed by atoms with van der Waals surface area (Å²) in [5.74, 6) is 1.96. The Kier molecular flexibility index (Phi) is 2.00. The molecule has 1 unspecified atom stereocenters. The van der Waals surface area contributed by atoms with Crippen LogP contribution < -0.4 is 5.32 Å². The van der Waals surface area contributed by atoms with E-state index in [0.717, 1.165) is 18.2 Å². The molecule has 0 aromatic carbocycles. The normalized spacial score (nSPS) is 28.1. The molecule has 1 aliphatic heterocycles. The van der Waals surface area contributed by atoms with Gasteiger partial charge in [-0.1, -0.05) is 10.7 Å². The molecule has 0 amide bonds. The zero-order chi connectivity index (χ0) is 5.82. The van der Waals surface area contributed by atoms with Crippen LogP contribution in [0.5, 0.6) is 0 Å². The summed E-state index contributed by atoms with van der Waals surface area (Å²) < 4.78 is 3.69. The van der Waals surface area contributed by atoms with Crippen LogP contribution in [0.2, 0.25) is 0 Å². The molecule has 0 radical (unpaired) electrons. The van der Waals surface area contributed by atoms with E-state index in [1.165, 1.54) is 0 Å². The summed E-state index contributed by atoms with van der Waals surface area (Å²) in [6.45, 7) is 1.02. The molecular formula is C4H7N3S. The van der Waals surface area contributed by atoms with Gasteiger partial charge in [0, 0.05) is 12.3 Å². The van der Waals surface area contributed by atoms with Gasteiger partial charge in [0.25, 0.3) is 0 Å². The van der Waals surface area contributed by atoms with Crippen molar-refractivity contribution in [1.29, 1.82) is 5.26 Å². The molecule has 8 heavy (non-hydrogen) atoms. The predicted octanol–water partition coefficient (Wildman–Crippen LogP) is -0.170. The van der Waals surface area contributed by atoms with Gasteiger partial charge >= 0.3 is 0 Å². The standard InChI is InChI=1S/C4H7N3S/c5-3-7-8-2-1-6-4-8/h6H,1-2,4H2. The van der Waals surface area contributed by atoms with E-state index in [4.69, 9.17) is 5.26 Å². The summed E-state index contributed by atoms with van der Waals surface area (Å²) in [4.78, 5) is 0. The van der Waals surface area contributed by atoms with Gasteiger partial charge in [0.05, 0.1) is 5.88 Å². The van der Waals surface area contributed by atoms with Crippen molar-refractivity contribution in [2.45, 2.75) is 0 Å². The maximum atomic E-state index is 8.09. The van der Waals surface area contributed by atoms with Crippen LogP contribution in [0.15, 0.2) is 4.36 Å². The fourth-order valence-electron chi connectivity index (χ4n) is 0.588. The van der Waals surface area contributed by atoms with Gasteiger partial charge in [0.2, 0.25) is 6.19 Å². The van der Waals surface area contributed by atoms with Crippen molar-refractivity contribution in [3.8, 4) is 6.19 Å². The Morgan fingerprint density at radius 2 is 2.62 bits per heavy atom. The average molecular weight is 129 g/mol. The Labute approximate surface area is 50.8 Å². The van der Waals surface area contributed by atoms with E-state index in [-0.39, 0.29) is 10.7 Å². The first-order chi connectivity index (χ1) is 3.93. The average Bonchev–Trinajstić information content (AvgIpc) is 2.19. The number of hydrogen-bond acceptors (Lipinski definition) is 3. The first-order valence-electron chi connectivity index (χ1n) is 2.41. The molecule has 0 aliphatic carbocycles. The van der Waals surface area contributed by atoms with Crippen LogP contribution in [-0.2, 0) is 10.7 Å². The van der Waals surface area contributed by atoms with Gasteiger partial charge in [-0.3, -0.25) is 0 Å². The summed E-state index contributed by atoms with van der Waals surface area (Å²) in [5, 5.41) is 11.2. The van der Waals surface area contributed by atoms with Crippen molar-refractivity contribution in [3.63, 3.8) is 0 Å². The fraction of sp³-hybridized carbons (Fsp3) is 0.750. The zero-order valence-electron chi connectivity index (χ0n) is 4.42. The first kappa shape index (κ1) is 5.73. The van der Waals surface area contributed by atoms with Crippen LogP contribution in [-0.4, -0.2) is 18.2 Å². The molecule has 44 valence electrons. The molecular weight excluding hydrogens is 122 g/mol. The second kappa shape index (κ2) is 2.80. The largest absolute Gasteiger partial charge is 0.306 e. The lowest BCUT2D eigenvalue weighted by molar-refractivity contribution is 0.885. The van der Waals surface area contributed by atoms with E-state index in [1.54, 1.807) is 6.19 Å². The molecule has 1 saturated heterocycles. The summed E-state index contributed by atoms with van der Waals surface area (Å²) in [6, 6.07) is 0. The van der Waals surface area contributed by atoms with Crippen LogP contribution in [0.4, 0.5) is 0 Å². The Bertz CT molecular complexity index is 138. The molecule has 1 heterocycles. The van der Waals surface area contributed by atoms with E-state index >= 15 is 0 Å². The minimum atomic E-state index is 0.0255. The molecule has 3 nitrogen and oxygen atoms in total. The smallest absolute Gasteiger partial charge is 0.212 e. The molecule has 1 rings (SSSR count). The van der Waals surface area contributed by atoms with Gasteiger partial charge in [-0.05, 0) is 0 Å². The van der Waals surface area contributed by atoms with E-state index in [2.05, 4.69) is 9.68 Å². The molecule has 1 atom stereocenters. The highest BCUT2D eigenvalue weighted by Crippen LogP contribution is 1.91. The molecule has 1 aliphatic rings. The molecule has 0 aromatic rings. The zero-order valence-corrected chi connectivity index (χ0v) is 5.24. The number of nitrogens with one attached hydrogen (secondary N) is 1. The number of rotatable bonds is 0. The lowest BCUT2D eigenvalue weighted by Gasteiger charge is -1.84. The topological polar surface area (TPSA) is 48.2 Å². The van der Waals surface area contributed by atoms with Crippen LogP contribution in [0.1, 0.15) is 0 Å². The van der Waals surface area contributed by atoms with E-state index < -0.39 is 0 Å². The Balaban J connectivity index is 2.48. The fourth-order valence-corrected chi connectivity index (χ4v) is 1.76. The summed E-state index contributed by atoms with van der Waals surface area (Å²) in [5.41, 5.74) is 0. The van der Waals surface area contributed by atoms with E-state index in [1.807, 2.05) is 0 Å². The Hall–Kier alpha value is -0.400. The van der Waals surface area contributed by atoms with Crippen molar-refractivity contribution in [2.24, 2.45) is 4.36 Å². The Morgan fingerprint density at radius 3 is 3.12 bits per heavy atom. The van der Waals surface area contributed by atoms with Crippen LogP contribution in [0, 0.1) is 11.5 Å². The lowest BCUT2D eigenvalue weighted by atomic mass is 10.8. The van der Waals surface area contributed by atoms with E-state index in [9.17, 15) is 0 Å². The summed E-state index contributed by atoms with van der Waals surface area (Å²) in [6.07, 6.45) is 1.81. The molecule has 0 aromatic heterocycles. The predicted molar refractivity (Wildman–Crippen MR) is 33.1 cm³/mol. The molecule has 0 spiro atoms. The van der Waals surface area contributed by atoms with E-state index in [0.29, 0.717) is 0 Å². The van der Waals surface area contributed by atoms with Gasteiger partial charge in [0.15, 0.2) is 0 Å². The van der Waals surface area contributed by atoms with Crippen molar-refractivity contribution < 1.29 is 0 Å². The maximum absolute atomic E-state index is 8.09. The minimum Gasteiger partial charge on any atom is -0.306 e. The molecule has 1 fully saturated rings. The second-order valence-corrected chi connectivity index (χ2v) is 3.31. The van der Waals surface area contributed by atoms with Gasteiger partial charge < -0.3 is 5.32 Å². The number of nitrogens with zero attached hydrogens (tertiary/aromatic N) is 2. The second-order valence-electron chi connectivity index (χ2n) is 1.50. The van der Waals surface area contributed by atoms with Gasteiger partial charge in [-0.25, -0.2) is 0 Å². The van der Waals surface area contributed by atoms with Crippen LogP contribution in [0.25, 0.3) is 0 Å². The van der Waals surface area contributed by atoms with Gasteiger partial charge in [-0.2, -0.15) is 5.26 Å². The lowest BCUT2D eigenvalue weighted by Crippen LogP contribution is -2.05. The monoisotopic (exact) mass is 129 g/mol. The molecule has 4 heteroatoms. The summed E-state index contributed by atoms with van der Waals surface area (Å²) in [7, 11) is 0.0255. The van der Waals surface area contributed by atoms with Gasteiger partial charge in [-0.15, -0.1) is 4.36 Å². The summed E-state index contributed by atoms with van der Waals surface area (Å²) >= 11 is 0.